The Kier molecular flexibility index (Phi) is 8.09. The molecule has 5 rings (SSSR count). The van der Waals surface area contributed by atoms with Gasteiger partial charge in [0.25, 0.3) is 5.91 Å². The number of pyridine rings is 1. The summed E-state index contributed by atoms with van der Waals surface area (Å²) in [6.45, 7) is 10.8. The molecule has 7 nitrogen and oxygen atoms in total. The molecule has 2 aliphatic rings. The highest BCUT2D eigenvalue weighted by Gasteiger charge is 2.39. The first-order valence-corrected chi connectivity index (χ1v) is 14.4. The van der Waals surface area contributed by atoms with Crippen LogP contribution in [0.15, 0.2) is 59.6 Å². The lowest BCUT2D eigenvalue weighted by atomic mass is 9.85. The number of benzene rings is 1. The Balaban J connectivity index is 1.22. The first-order chi connectivity index (χ1) is 18.3. The van der Waals surface area contributed by atoms with Gasteiger partial charge in [-0.25, -0.2) is 9.97 Å². The molecule has 8 heteroatoms. The van der Waals surface area contributed by atoms with Crippen molar-refractivity contribution in [2.75, 3.05) is 31.1 Å². The molecule has 2 saturated heterocycles. The highest BCUT2D eigenvalue weighted by atomic mass is 79.9. The number of piperidine rings is 2. The van der Waals surface area contributed by atoms with Crippen LogP contribution < -0.4 is 4.90 Å². The standard InChI is InChI=1S/C30H37BrN6O/c1-22-28(23(2)34-21-33-22)29(38)35-18-12-30(3,13-19-35)36-16-10-27(11-17-36)37(20-24-8-14-32-15-9-24)26-6-4-25(31)5-7-26/h4-9,14-15,21,27H,10-13,16-20H2,1-3H3. The molecule has 0 unspecified atom stereocenters. The maximum atomic E-state index is 13.3. The average molecular weight is 578 g/mol. The average Bonchev–Trinajstić information content (AvgIpc) is 2.93. The summed E-state index contributed by atoms with van der Waals surface area (Å²) in [7, 11) is 0. The van der Waals surface area contributed by atoms with Crippen LogP contribution in [0.25, 0.3) is 0 Å². The number of hydrogen-bond acceptors (Lipinski definition) is 6. The fraction of sp³-hybridized carbons (Fsp3) is 0.467. The minimum absolute atomic E-state index is 0.0719. The molecule has 0 N–H and O–H groups in total. The van der Waals surface area contributed by atoms with Gasteiger partial charge in [-0.2, -0.15) is 0 Å². The number of nitrogens with zero attached hydrogens (tertiary/aromatic N) is 6. The molecular formula is C30H37BrN6O. The summed E-state index contributed by atoms with van der Waals surface area (Å²) in [5.74, 6) is 0.0719. The van der Waals surface area contributed by atoms with Crippen LogP contribution in [-0.4, -0.2) is 68.4 Å². The Bertz CT molecular complexity index is 1220. The van der Waals surface area contributed by atoms with Crippen LogP contribution in [-0.2, 0) is 6.54 Å². The van der Waals surface area contributed by atoms with Crippen LogP contribution in [0.5, 0.6) is 0 Å². The number of carbonyl (C=O) groups excluding carboxylic acids is 1. The Labute approximate surface area is 234 Å². The molecule has 2 aliphatic heterocycles. The van der Waals surface area contributed by atoms with Crippen molar-refractivity contribution in [1.82, 2.24) is 24.8 Å². The summed E-state index contributed by atoms with van der Waals surface area (Å²) < 4.78 is 1.10. The zero-order valence-corrected chi connectivity index (χ0v) is 24.2. The van der Waals surface area contributed by atoms with E-state index in [2.05, 4.69) is 84.0 Å². The van der Waals surface area contributed by atoms with Gasteiger partial charge in [-0.05, 0) is 88.4 Å². The second kappa shape index (κ2) is 11.5. The Morgan fingerprint density at radius 3 is 2.18 bits per heavy atom. The van der Waals surface area contributed by atoms with E-state index in [1.165, 1.54) is 17.6 Å². The third kappa shape index (κ3) is 5.76. The molecule has 2 fully saturated rings. The number of amides is 1. The predicted molar refractivity (Wildman–Crippen MR) is 154 cm³/mol. The summed E-state index contributed by atoms with van der Waals surface area (Å²) in [5.41, 5.74) is 4.85. The normalized spacial score (nSPS) is 18.4. The predicted octanol–water partition coefficient (Wildman–Crippen LogP) is 5.42. The molecule has 0 radical (unpaired) electrons. The van der Waals surface area contributed by atoms with E-state index < -0.39 is 0 Å². The van der Waals surface area contributed by atoms with Gasteiger partial charge >= 0.3 is 0 Å². The lowest BCUT2D eigenvalue weighted by Crippen LogP contribution is -2.58. The maximum absolute atomic E-state index is 13.3. The van der Waals surface area contributed by atoms with E-state index in [0.717, 1.165) is 74.3 Å². The molecule has 0 atom stereocenters. The highest BCUT2D eigenvalue weighted by molar-refractivity contribution is 9.10. The molecule has 1 amide bonds. The highest BCUT2D eigenvalue weighted by Crippen LogP contribution is 2.34. The van der Waals surface area contributed by atoms with Gasteiger partial charge < -0.3 is 9.80 Å². The third-order valence-electron chi connectivity index (χ3n) is 8.50. The van der Waals surface area contributed by atoms with Crippen LogP contribution in [0.1, 0.15) is 59.9 Å². The Morgan fingerprint density at radius 1 is 0.974 bits per heavy atom. The van der Waals surface area contributed by atoms with Crippen molar-refractivity contribution in [3.8, 4) is 0 Å². The van der Waals surface area contributed by atoms with Crippen LogP contribution in [0.3, 0.4) is 0 Å². The monoisotopic (exact) mass is 576 g/mol. The molecule has 4 heterocycles. The number of hydrogen-bond donors (Lipinski definition) is 0. The van der Waals surface area contributed by atoms with Gasteiger partial charge in [0.2, 0.25) is 0 Å². The summed E-state index contributed by atoms with van der Waals surface area (Å²) in [6, 6.07) is 13.4. The van der Waals surface area contributed by atoms with Gasteiger partial charge in [0.15, 0.2) is 0 Å². The van der Waals surface area contributed by atoms with Crippen LogP contribution in [0, 0.1) is 13.8 Å². The van der Waals surface area contributed by atoms with Gasteiger partial charge in [0.1, 0.15) is 6.33 Å². The lowest BCUT2D eigenvalue weighted by Gasteiger charge is -2.50. The number of aromatic nitrogens is 3. The van der Waals surface area contributed by atoms with Crippen molar-refractivity contribution in [2.45, 2.75) is 64.6 Å². The van der Waals surface area contributed by atoms with Crippen LogP contribution in [0.4, 0.5) is 5.69 Å². The molecule has 1 aromatic carbocycles. The zero-order valence-electron chi connectivity index (χ0n) is 22.6. The first-order valence-electron chi connectivity index (χ1n) is 13.6. The molecule has 200 valence electrons. The van der Waals surface area contributed by atoms with Gasteiger partial charge in [-0.1, -0.05) is 15.9 Å². The molecule has 3 aromatic rings. The molecule has 0 bridgehead atoms. The van der Waals surface area contributed by atoms with Gasteiger partial charge in [-0.3, -0.25) is 14.7 Å². The smallest absolute Gasteiger partial charge is 0.257 e. The number of rotatable bonds is 6. The number of carbonyl (C=O) groups is 1. The summed E-state index contributed by atoms with van der Waals surface area (Å²) in [6.07, 6.45) is 9.52. The zero-order chi connectivity index (χ0) is 26.7. The Morgan fingerprint density at radius 2 is 1.58 bits per heavy atom. The maximum Gasteiger partial charge on any atom is 0.257 e. The lowest BCUT2D eigenvalue weighted by molar-refractivity contribution is 0.0170. The molecule has 2 aromatic heterocycles. The molecule has 0 aliphatic carbocycles. The summed E-state index contributed by atoms with van der Waals surface area (Å²) in [5, 5.41) is 0. The van der Waals surface area contributed by atoms with Crippen molar-refractivity contribution in [1.29, 1.82) is 0 Å². The van der Waals surface area contributed by atoms with Crippen molar-refractivity contribution >= 4 is 27.5 Å². The van der Waals surface area contributed by atoms with Crippen LogP contribution in [0.2, 0.25) is 0 Å². The van der Waals surface area contributed by atoms with Gasteiger partial charge in [-0.15, -0.1) is 0 Å². The van der Waals surface area contributed by atoms with E-state index in [-0.39, 0.29) is 11.4 Å². The topological polar surface area (TPSA) is 65.5 Å². The van der Waals surface area contributed by atoms with E-state index in [9.17, 15) is 4.79 Å². The van der Waals surface area contributed by atoms with Gasteiger partial charge in [0.05, 0.1) is 17.0 Å². The van der Waals surface area contributed by atoms with E-state index in [1.54, 1.807) is 0 Å². The second-order valence-corrected chi connectivity index (χ2v) is 11.8. The minimum atomic E-state index is 0.0719. The molecule has 0 spiro atoms. The van der Waals surface area contributed by atoms with Crippen molar-refractivity contribution in [3.05, 3.63) is 82.1 Å². The minimum Gasteiger partial charge on any atom is -0.364 e. The third-order valence-corrected chi connectivity index (χ3v) is 9.03. The van der Waals surface area contributed by atoms with E-state index in [0.29, 0.717) is 11.6 Å². The SMILES string of the molecule is Cc1ncnc(C)c1C(=O)N1CCC(C)(N2CCC(N(Cc3ccncc3)c3ccc(Br)cc3)CC2)CC1. The molecule has 38 heavy (non-hydrogen) atoms. The second-order valence-electron chi connectivity index (χ2n) is 10.9. The van der Waals surface area contributed by atoms with E-state index >= 15 is 0 Å². The fourth-order valence-corrected chi connectivity index (χ4v) is 6.30. The van der Waals surface area contributed by atoms with Crippen molar-refractivity contribution in [3.63, 3.8) is 0 Å². The quantitative estimate of drug-likeness (QED) is 0.390. The first kappa shape index (κ1) is 26.8. The summed E-state index contributed by atoms with van der Waals surface area (Å²) >= 11 is 3.58. The number of aryl methyl sites for hydroxylation is 2. The van der Waals surface area contributed by atoms with Crippen molar-refractivity contribution < 1.29 is 4.79 Å². The largest absolute Gasteiger partial charge is 0.364 e. The fourth-order valence-electron chi connectivity index (χ4n) is 6.03. The number of anilines is 1. The molecular weight excluding hydrogens is 540 g/mol. The molecule has 0 saturated carbocycles. The Hall–Kier alpha value is -2.84. The number of likely N-dealkylation sites (tertiary alicyclic amines) is 2. The van der Waals surface area contributed by atoms with E-state index in [1.807, 2.05) is 31.1 Å². The number of halogens is 1. The summed E-state index contributed by atoms with van der Waals surface area (Å²) in [4.78, 5) is 33.2. The van der Waals surface area contributed by atoms with Gasteiger partial charge in [0, 0.05) is 66.9 Å². The van der Waals surface area contributed by atoms with Crippen molar-refractivity contribution in [2.24, 2.45) is 0 Å². The van der Waals surface area contributed by atoms with Crippen LogP contribution >= 0.6 is 15.9 Å². The van der Waals surface area contributed by atoms with E-state index in [4.69, 9.17) is 0 Å².